The van der Waals surface area contributed by atoms with Crippen LogP contribution in [-0.4, -0.2) is 41.3 Å². The first-order chi connectivity index (χ1) is 15.2. The summed E-state index contributed by atoms with van der Waals surface area (Å²) in [6.45, 7) is 3.52. The highest BCUT2D eigenvalue weighted by Crippen LogP contribution is 2.25. The van der Waals surface area contributed by atoms with E-state index in [1.165, 1.54) is 12.1 Å². The average Bonchev–Trinajstić information content (AvgIpc) is 3.30. The molecule has 8 heteroatoms. The lowest BCUT2D eigenvalue weighted by atomic mass is 10.2. The number of halogens is 2. The Morgan fingerprint density at radius 1 is 0.871 bits per heavy atom. The molecule has 5 rings (SSSR count). The first-order valence-electron chi connectivity index (χ1n) is 9.97. The van der Waals surface area contributed by atoms with Crippen molar-refractivity contribution >= 4 is 23.1 Å². The van der Waals surface area contributed by atoms with Gasteiger partial charge in [-0.25, -0.2) is 9.37 Å². The molecule has 0 atom stereocenters. The molecule has 4 aromatic rings. The van der Waals surface area contributed by atoms with Gasteiger partial charge in [-0.1, -0.05) is 35.0 Å². The van der Waals surface area contributed by atoms with Crippen LogP contribution < -0.4 is 9.80 Å². The van der Waals surface area contributed by atoms with Crippen molar-refractivity contribution in [1.82, 2.24) is 15.1 Å². The maximum absolute atomic E-state index is 13.4. The minimum Gasteiger partial charge on any atom is -0.368 e. The van der Waals surface area contributed by atoms with Crippen molar-refractivity contribution in [3.63, 3.8) is 0 Å². The molecule has 1 aliphatic heterocycles. The minimum absolute atomic E-state index is 0.342. The van der Waals surface area contributed by atoms with Gasteiger partial charge in [0.15, 0.2) is 0 Å². The number of hydrogen-bond acceptors (Lipinski definition) is 6. The summed E-state index contributed by atoms with van der Waals surface area (Å²) in [4.78, 5) is 13.5. The normalized spacial score (nSPS) is 14.1. The number of benzene rings is 2. The molecule has 156 valence electrons. The summed E-state index contributed by atoms with van der Waals surface area (Å²) >= 11 is 6.12. The molecule has 0 amide bonds. The van der Waals surface area contributed by atoms with Gasteiger partial charge in [0, 0.05) is 48.6 Å². The second-order valence-corrected chi connectivity index (χ2v) is 7.73. The smallest absolute Gasteiger partial charge is 0.259 e. The summed E-state index contributed by atoms with van der Waals surface area (Å²) in [7, 11) is 0. The van der Waals surface area contributed by atoms with Crippen molar-refractivity contribution in [2.75, 3.05) is 36.0 Å². The summed E-state index contributed by atoms with van der Waals surface area (Å²) in [5, 5.41) is 4.70. The minimum atomic E-state index is -0.342. The van der Waals surface area contributed by atoms with Gasteiger partial charge in [-0.3, -0.25) is 0 Å². The lowest BCUT2D eigenvalue weighted by Gasteiger charge is -2.36. The molecule has 1 saturated heterocycles. The highest BCUT2D eigenvalue weighted by molar-refractivity contribution is 6.30. The first kappa shape index (κ1) is 19.5. The number of hydrogen-bond donors (Lipinski definition) is 0. The summed E-state index contributed by atoms with van der Waals surface area (Å²) in [5.41, 5.74) is 2.43. The third-order valence-corrected chi connectivity index (χ3v) is 5.52. The summed E-state index contributed by atoms with van der Waals surface area (Å²) in [6.07, 6.45) is 1.72. The second-order valence-electron chi connectivity index (χ2n) is 7.29. The van der Waals surface area contributed by atoms with Gasteiger partial charge in [0.05, 0.1) is 5.56 Å². The van der Waals surface area contributed by atoms with Crippen molar-refractivity contribution < 1.29 is 8.91 Å². The largest absolute Gasteiger partial charge is 0.368 e. The standard InChI is InChI=1S/C23H19ClFN5O/c24-18-4-2-6-20(14-18)29-9-11-30(12-10-29)21-8-7-17(15-26-21)23-27-22(28-31-23)16-3-1-5-19(25)13-16/h1-8,13-15H,9-12H2. The number of piperazine rings is 1. The fourth-order valence-electron chi connectivity index (χ4n) is 3.65. The number of rotatable bonds is 4. The lowest BCUT2D eigenvalue weighted by molar-refractivity contribution is 0.432. The lowest BCUT2D eigenvalue weighted by Crippen LogP contribution is -2.46. The van der Waals surface area contributed by atoms with Crippen LogP contribution in [0.4, 0.5) is 15.9 Å². The molecule has 0 aliphatic carbocycles. The fraction of sp³-hybridized carbons (Fsp3) is 0.174. The van der Waals surface area contributed by atoms with Crippen LogP contribution in [0.1, 0.15) is 0 Å². The van der Waals surface area contributed by atoms with Gasteiger partial charge in [-0.2, -0.15) is 4.98 Å². The van der Waals surface area contributed by atoms with Gasteiger partial charge in [0.25, 0.3) is 5.89 Å². The molecule has 1 aliphatic rings. The molecule has 31 heavy (non-hydrogen) atoms. The van der Waals surface area contributed by atoms with E-state index in [1.54, 1.807) is 18.3 Å². The summed E-state index contributed by atoms with van der Waals surface area (Å²) < 4.78 is 18.8. The van der Waals surface area contributed by atoms with Crippen LogP contribution in [0.15, 0.2) is 71.4 Å². The Kier molecular flexibility index (Phi) is 5.26. The third kappa shape index (κ3) is 4.22. The fourth-order valence-corrected chi connectivity index (χ4v) is 3.84. The number of pyridine rings is 1. The molecule has 1 fully saturated rings. The molecule has 2 aromatic heterocycles. The monoisotopic (exact) mass is 435 g/mol. The van der Waals surface area contributed by atoms with Crippen molar-refractivity contribution in [2.45, 2.75) is 0 Å². The average molecular weight is 436 g/mol. The number of aromatic nitrogens is 3. The predicted octanol–water partition coefficient (Wildman–Crippen LogP) is 4.92. The molecule has 3 heterocycles. The Bertz CT molecular complexity index is 1190. The number of anilines is 2. The molecule has 0 spiro atoms. The van der Waals surface area contributed by atoms with Crippen LogP contribution in [-0.2, 0) is 0 Å². The Labute approximate surface area is 183 Å². The van der Waals surface area contributed by atoms with Gasteiger partial charge >= 0.3 is 0 Å². The molecular weight excluding hydrogens is 417 g/mol. The van der Waals surface area contributed by atoms with Gasteiger partial charge in [-0.05, 0) is 42.5 Å². The van der Waals surface area contributed by atoms with E-state index in [4.69, 9.17) is 16.1 Å². The Balaban J connectivity index is 1.26. The van der Waals surface area contributed by atoms with E-state index in [-0.39, 0.29) is 5.82 Å². The van der Waals surface area contributed by atoms with Crippen LogP contribution >= 0.6 is 11.6 Å². The Morgan fingerprint density at radius 2 is 1.68 bits per heavy atom. The molecule has 0 bridgehead atoms. The quantitative estimate of drug-likeness (QED) is 0.453. The molecule has 0 unspecified atom stereocenters. The van der Waals surface area contributed by atoms with Crippen LogP contribution in [0.3, 0.4) is 0 Å². The zero-order valence-corrected chi connectivity index (χ0v) is 17.3. The molecule has 0 saturated carbocycles. The van der Waals surface area contributed by atoms with E-state index in [9.17, 15) is 4.39 Å². The van der Waals surface area contributed by atoms with Gasteiger partial charge in [0.2, 0.25) is 5.82 Å². The second kappa shape index (κ2) is 8.35. The molecule has 0 radical (unpaired) electrons. The zero-order valence-electron chi connectivity index (χ0n) is 16.6. The third-order valence-electron chi connectivity index (χ3n) is 5.28. The van der Waals surface area contributed by atoms with E-state index in [0.717, 1.165) is 48.3 Å². The summed E-state index contributed by atoms with van der Waals surface area (Å²) in [6, 6.07) is 17.9. The molecule has 6 nitrogen and oxygen atoms in total. The zero-order chi connectivity index (χ0) is 21.2. The van der Waals surface area contributed by atoms with Gasteiger partial charge in [-0.15, -0.1) is 0 Å². The summed E-state index contributed by atoms with van der Waals surface area (Å²) in [5.74, 6) is 1.25. The van der Waals surface area contributed by atoms with Crippen molar-refractivity contribution in [3.05, 3.63) is 77.7 Å². The van der Waals surface area contributed by atoms with Crippen molar-refractivity contribution in [3.8, 4) is 22.8 Å². The SMILES string of the molecule is Fc1cccc(-c2noc(-c3ccc(N4CCN(c5cccc(Cl)c5)CC4)nc3)n2)c1. The highest BCUT2D eigenvalue weighted by Gasteiger charge is 2.19. The van der Waals surface area contributed by atoms with Crippen LogP contribution in [0.2, 0.25) is 5.02 Å². The van der Waals surface area contributed by atoms with E-state index >= 15 is 0 Å². The van der Waals surface area contributed by atoms with E-state index < -0.39 is 0 Å². The van der Waals surface area contributed by atoms with E-state index in [2.05, 4.69) is 31.0 Å². The Hall–Kier alpha value is -3.45. The van der Waals surface area contributed by atoms with Gasteiger partial charge < -0.3 is 14.3 Å². The van der Waals surface area contributed by atoms with E-state index in [1.807, 2.05) is 30.3 Å². The topological polar surface area (TPSA) is 58.3 Å². The van der Waals surface area contributed by atoms with Crippen LogP contribution in [0.5, 0.6) is 0 Å². The maximum Gasteiger partial charge on any atom is 0.259 e. The first-order valence-corrected chi connectivity index (χ1v) is 10.3. The van der Waals surface area contributed by atoms with Crippen LogP contribution in [0, 0.1) is 5.82 Å². The van der Waals surface area contributed by atoms with Crippen molar-refractivity contribution in [2.24, 2.45) is 0 Å². The van der Waals surface area contributed by atoms with Crippen molar-refractivity contribution in [1.29, 1.82) is 0 Å². The molecular formula is C23H19ClFN5O. The molecule has 0 N–H and O–H groups in total. The van der Waals surface area contributed by atoms with Gasteiger partial charge in [0.1, 0.15) is 11.6 Å². The predicted molar refractivity (Wildman–Crippen MR) is 119 cm³/mol. The number of nitrogens with zero attached hydrogens (tertiary/aromatic N) is 5. The van der Waals surface area contributed by atoms with Crippen LogP contribution in [0.25, 0.3) is 22.8 Å². The Morgan fingerprint density at radius 3 is 2.42 bits per heavy atom. The molecule has 2 aromatic carbocycles. The maximum atomic E-state index is 13.4. The van der Waals surface area contributed by atoms with E-state index in [0.29, 0.717) is 17.3 Å². The highest BCUT2D eigenvalue weighted by atomic mass is 35.5.